The molecule has 2 N–H and O–H groups in total. The Kier molecular flexibility index (Phi) is 9.74. The van der Waals surface area contributed by atoms with E-state index in [-0.39, 0.29) is 11.6 Å². The van der Waals surface area contributed by atoms with E-state index in [9.17, 15) is 5.11 Å². The molecule has 29 heavy (non-hydrogen) atoms. The predicted molar refractivity (Wildman–Crippen MR) is 121 cm³/mol. The standard InChI is InChI=1S/C19H36N6O2S2/c1-7-9-10-14(3)19(6,27-16(5)15(4)26)11-25-18(21-13-23-25)29-28-17-20-12-22-24(17)8-2/h12-17,26H,7-11H2,1-6H3,(H,20,22). The van der Waals surface area contributed by atoms with Crippen LogP contribution in [0.25, 0.3) is 0 Å². The van der Waals surface area contributed by atoms with Crippen LogP contribution in [0.2, 0.25) is 0 Å². The van der Waals surface area contributed by atoms with Gasteiger partial charge in [0.1, 0.15) is 6.33 Å². The van der Waals surface area contributed by atoms with Crippen molar-refractivity contribution in [3.8, 4) is 0 Å². The van der Waals surface area contributed by atoms with E-state index in [0.717, 1.165) is 31.0 Å². The molecule has 5 unspecified atom stereocenters. The van der Waals surface area contributed by atoms with Crippen LogP contribution in [-0.4, -0.2) is 61.1 Å². The van der Waals surface area contributed by atoms with Gasteiger partial charge in [0, 0.05) is 6.54 Å². The van der Waals surface area contributed by atoms with Crippen LogP contribution in [0.5, 0.6) is 0 Å². The normalized spacial score (nSPS) is 22.2. The highest BCUT2D eigenvalue weighted by Crippen LogP contribution is 2.37. The van der Waals surface area contributed by atoms with Crippen LogP contribution in [0.1, 0.15) is 60.8 Å². The van der Waals surface area contributed by atoms with Gasteiger partial charge >= 0.3 is 0 Å². The van der Waals surface area contributed by atoms with Crippen molar-refractivity contribution in [2.75, 3.05) is 6.54 Å². The molecule has 1 aromatic heterocycles. The van der Waals surface area contributed by atoms with E-state index in [4.69, 9.17) is 4.74 Å². The summed E-state index contributed by atoms with van der Waals surface area (Å²) in [5, 5.41) is 17.3. The number of aliphatic imine (C=N–C) groups is 1. The Bertz CT molecular complexity index is 644. The highest BCUT2D eigenvalue weighted by atomic mass is 33.1. The lowest BCUT2D eigenvalue weighted by Crippen LogP contribution is -2.45. The molecule has 10 heteroatoms. The van der Waals surface area contributed by atoms with Gasteiger partial charge in [-0.2, -0.15) is 10.1 Å². The topological polar surface area (TPSA) is 87.8 Å². The molecular formula is C19H36N6O2S2. The van der Waals surface area contributed by atoms with E-state index in [0.29, 0.717) is 12.5 Å². The van der Waals surface area contributed by atoms with Crippen LogP contribution < -0.4 is 5.43 Å². The molecule has 1 aliphatic heterocycles. The van der Waals surface area contributed by atoms with Crippen LogP contribution in [-0.2, 0) is 11.3 Å². The minimum atomic E-state index is -0.527. The molecule has 2 heterocycles. The van der Waals surface area contributed by atoms with Crippen LogP contribution in [0, 0.1) is 5.92 Å². The Balaban J connectivity index is 2.10. The summed E-state index contributed by atoms with van der Waals surface area (Å²) in [6.45, 7) is 13.8. The summed E-state index contributed by atoms with van der Waals surface area (Å²) in [6.07, 6.45) is 5.90. The molecule has 1 aliphatic rings. The molecule has 0 aromatic carbocycles. The summed E-state index contributed by atoms with van der Waals surface area (Å²) < 4.78 is 8.32. The Morgan fingerprint density at radius 3 is 2.76 bits per heavy atom. The minimum absolute atomic E-state index is 0.0107. The number of aliphatic hydroxyl groups excluding tert-OH is 1. The third kappa shape index (κ3) is 6.85. The van der Waals surface area contributed by atoms with Crippen molar-refractivity contribution in [1.29, 1.82) is 0 Å². The molecule has 0 saturated carbocycles. The second-order valence-corrected chi connectivity index (χ2v) is 10.0. The van der Waals surface area contributed by atoms with Crippen LogP contribution in [0.3, 0.4) is 0 Å². The molecule has 0 bridgehead atoms. The average Bonchev–Trinajstić information content (AvgIpc) is 3.32. The van der Waals surface area contributed by atoms with E-state index < -0.39 is 11.7 Å². The quantitative estimate of drug-likeness (QED) is 0.447. The van der Waals surface area contributed by atoms with E-state index >= 15 is 0 Å². The van der Waals surface area contributed by atoms with Gasteiger partial charge in [-0.3, -0.25) is 0 Å². The highest BCUT2D eigenvalue weighted by Gasteiger charge is 2.36. The van der Waals surface area contributed by atoms with E-state index in [1.807, 2.05) is 11.6 Å². The van der Waals surface area contributed by atoms with E-state index in [1.165, 1.54) is 0 Å². The fraction of sp³-hybridized carbons (Fsp3) is 0.842. The first-order chi connectivity index (χ1) is 13.8. The van der Waals surface area contributed by atoms with Crippen molar-refractivity contribution in [3.05, 3.63) is 6.33 Å². The van der Waals surface area contributed by atoms with Gasteiger partial charge in [0.15, 0.2) is 10.7 Å². The number of rotatable bonds is 13. The average molecular weight is 445 g/mol. The zero-order valence-electron chi connectivity index (χ0n) is 18.4. The lowest BCUT2D eigenvalue weighted by atomic mass is 9.86. The van der Waals surface area contributed by atoms with Gasteiger partial charge in [0.2, 0.25) is 0 Å². The summed E-state index contributed by atoms with van der Waals surface area (Å²) in [4.78, 5) is 8.88. The fourth-order valence-electron chi connectivity index (χ4n) is 3.10. The summed E-state index contributed by atoms with van der Waals surface area (Å²) in [6, 6.07) is 0. The van der Waals surface area contributed by atoms with Gasteiger partial charge in [-0.25, -0.2) is 14.7 Å². The first-order valence-electron chi connectivity index (χ1n) is 10.4. The van der Waals surface area contributed by atoms with E-state index in [1.54, 1.807) is 41.2 Å². The zero-order chi connectivity index (χ0) is 21.4. The zero-order valence-corrected chi connectivity index (χ0v) is 20.0. The number of aromatic nitrogens is 3. The molecule has 0 amide bonds. The lowest BCUT2D eigenvalue weighted by molar-refractivity contribution is -0.149. The number of ether oxygens (including phenoxy) is 1. The summed E-state index contributed by atoms with van der Waals surface area (Å²) in [7, 11) is 3.20. The second-order valence-electron chi connectivity index (χ2n) is 7.82. The first-order valence-corrected chi connectivity index (χ1v) is 12.6. The highest BCUT2D eigenvalue weighted by molar-refractivity contribution is 8.76. The molecule has 166 valence electrons. The number of hydrazine groups is 1. The molecule has 8 nitrogen and oxygen atoms in total. The Morgan fingerprint density at radius 2 is 2.10 bits per heavy atom. The first kappa shape index (κ1) is 24.5. The van der Waals surface area contributed by atoms with Crippen molar-refractivity contribution in [2.45, 2.75) is 95.8 Å². The van der Waals surface area contributed by atoms with Gasteiger partial charge in [-0.15, -0.1) is 0 Å². The number of hydrogen-bond donors (Lipinski definition) is 2. The molecular weight excluding hydrogens is 408 g/mol. The van der Waals surface area contributed by atoms with Gasteiger partial charge < -0.3 is 15.3 Å². The van der Waals surface area contributed by atoms with Crippen molar-refractivity contribution in [1.82, 2.24) is 25.2 Å². The molecule has 2 rings (SSSR count). The Hall–Kier alpha value is -0.810. The van der Waals surface area contributed by atoms with Crippen molar-refractivity contribution in [2.24, 2.45) is 10.9 Å². The van der Waals surface area contributed by atoms with Gasteiger partial charge in [0.05, 0.1) is 30.7 Å². The summed E-state index contributed by atoms with van der Waals surface area (Å²) in [5.74, 6) is 0.317. The van der Waals surface area contributed by atoms with Crippen LogP contribution >= 0.6 is 21.6 Å². The number of hydrogen-bond acceptors (Lipinski definition) is 9. The van der Waals surface area contributed by atoms with Crippen LogP contribution in [0.4, 0.5) is 0 Å². The summed E-state index contributed by atoms with van der Waals surface area (Å²) in [5.41, 5.74) is 2.68. The molecule has 0 saturated heterocycles. The molecule has 0 radical (unpaired) electrons. The minimum Gasteiger partial charge on any atom is -0.391 e. The van der Waals surface area contributed by atoms with Crippen molar-refractivity contribution >= 4 is 27.9 Å². The van der Waals surface area contributed by atoms with Gasteiger partial charge in [0.25, 0.3) is 0 Å². The van der Waals surface area contributed by atoms with Gasteiger partial charge in [-0.1, -0.05) is 33.6 Å². The maximum absolute atomic E-state index is 9.99. The molecule has 0 spiro atoms. The lowest BCUT2D eigenvalue weighted by Gasteiger charge is -2.39. The third-order valence-electron chi connectivity index (χ3n) is 5.45. The Morgan fingerprint density at radius 1 is 1.34 bits per heavy atom. The maximum atomic E-state index is 9.99. The molecule has 0 aliphatic carbocycles. The SMILES string of the molecule is CCCCC(C)C(C)(Cn1ncnc1SSC1N=CNN1CC)OC(C)C(C)O. The molecule has 5 atom stereocenters. The van der Waals surface area contributed by atoms with Crippen molar-refractivity contribution in [3.63, 3.8) is 0 Å². The maximum Gasteiger partial charge on any atom is 0.197 e. The monoisotopic (exact) mass is 444 g/mol. The smallest absolute Gasteiger partial charge is 0.197 e. The number of nitrogens with one attached hydrogen (secondary N) is 1. The predicted octanol–water partition coefficient (Wildman–Crippen LogP) is 3.54. The second kappa shape index (κ2) is 11.5. The van der Waals surface area contributed by atoms with E-state index in [2.05, 4.69) is 53.2 Å². The van der Waals surface area contributed by atoms with Crippen LogP contribution in [0.15, 0.2) is 16.5 Å². The Labute approximate surface area is 182 Å². The number of unbranched alkanes of at least 4 members (excludes halogenated alkanes) is 1. The van der Waals surface area contributed by atoms with Crippen molar-refractivity contribution < 1.29 is 9.84 Å². The molecule has 1 aromatic rings. The van der Waals surface area contributed by atoms with Gasteiger partial charge in [-0.05, 0) is 54.7 Å². The summed E-state index contributed by atoms with van der Waals surface area (Å²) >= 11 is 0. The molecule has 0 fully saturated rings. The fourth-order valence-corrected chi connectivity index (χ4v) is 5.35. The third-order valence-corrected chi connectivity index (χ3v) is 7.82. The number of nitrogens with zero attached hydrogens (tertiary/aromatic N) is 5. The number of aliphatic hydroxyl groups is 1. The largest absolute Gasteiger partial charge is 0.391 e.